The SMILES string of the molecule is CCN(CC)C(=O)c1cc(C)nc(N2CCOCC2)n1. The van der Waals surface area contributed by atoms with Crippen molar-refractivity contribution in [3.8, 4) is 0 Å². The zero-order valence-corrected chi connectivity index (χ0v) is 12.4. The summed E-state index contributed by atoms with van der Waals surface area (Å²) in [5.74, 6) is 0.596. The van der Waals surface area contributed by atoms with Crippen LogP contribution in [-0.2, 0) is 4.74 Å². The molecule has 0 saturated carbocycles. The number of anilines is 1. The Labute approximate surface area is 119 Å². The van der Waals surface area contributed by atoms with Gasteiger partial charge in [-0.05, 0) is 26.8 Å². The van der Waals surface area contributed by atoms with E-state index in [-0.39, 0.29) is 5.91 Å². The summed E-state index contributed by atoms with van der Waals surface area (Å²) in [6.07, 6.45) is 0. The molecule has 0 atom stereocenters. The minimum Gasteiger partial charge on any atom is -0.378 e. The number of ether oxygens (including phenoxy) is 1. The number of aromatic nitrogens is 2. The van der Waals surface area contributed by atoms with E-state index in [2.05, 4.69) is 14.9 Å². The number of nitrogens with zero attached hydrogens (tertiary/aromatic N) is 4. The molecule has 20 heavy (non-hydrogen) atoms. The maximum absolute atomic E-state index is 12.4. The van der Waals surface area contributed by atoms with Crippen molar-refractivity contribution in [2.24, 2.45) is 0 Å². The van der Waals surface area contributed by atoms with Crippen LogP contribution in [0.1, 0.15) is 30.0 Å². The molecule has 1 aliphatic rings. The molecule has 0 aliphatic carbocycles. The molecular weight excluding hydrogens is 256 g/mol. The molecule has 1 aromatic heterocycles. The number of aryl methyl sites for hydroxylation is 1. The molecular formula is C14H22N4O2. The molecule has 1 aliphatic heterocycles. The van der Waals surface area contributed by atoms with Crippen molar-refractivity contribution in [3.05, 3.63) is 17.5 Å². The first-order valence-electron chi connectivity index (χ1n) is 7.13. The fourth-order valence-corrected chi connectivity index (χ4v) is 2.24. The van der Waals surface area contributed by atoms with E-state index < -0.39 is 0 Å². The van der Waals surface area contributed by atoms with Crippen LogP contribution in [0.2, 0.25) is 0 Å². The van der Waals surface area contributed by atoms with Crippen molar-refractivity contribution in [1.29, 1.82) is 0 Å². The van der Waals surface area contributed by atoms with Crippen LogP contribution in [0.4, 0.5) is 5.95 Å². The predicted octanol–water partition coefficient (Wildman–Crippen LogP) is 1.10. The average molecular weight is 278 g/mol. The lowest BCUT2D eigenvalue weighted by Crippen LogP contribution is -2.38. The van der Waals surface area contributed by atoms with E-state index in [1.165, 1.54) is 0 Å². The first-order valence-corrected chi connectivity index (χ1v) is 7.13. The van der Waals surface area contributed by atoms with Crippen molar-refractivity contribution in [2.75, 3.05) is 44.3 Å². The van der Waals surface area contributed by atoms with Gasteiger partial charge in [0, 0.05) is 31.9 Å². The molecule has 110 valence electrons. The highest BCUT2D eigenvalue weighted by molar-refractivity contribution is 5.92. The van der Waals surface area contributed by atoms with Gasteiger partial charge in [-0.1, -0.05) is 0 Å². The number of carbonyl (C=O) groups excluding carboxylic acids is 1. The van der Waals surface area contributed by atoms with Gasteiger partial charge in [0.25, 0.3) is 5.91 Å². The standard InChI is InChI=1S/C14H22N4O2/c1-4-17(5-2)13(19)12-10-11(3)15-14(16-12)18-6-8-20-9-7-18/h10H,4-9H2,1-3H3. The van der Waals surface area contributed by atoms with E-state index in [1.807, 2.05) is 20.8 Å². The Bertz CT molecular complexity index is 468. The van der Waals surface area contributed by atoms with Gasteiger partial charge in [0.2, 0.25) is 5.95 Å². The number of morpholine rings is 1. The molecule has 0 unspecified atom stereocenters. The minimum atomic E-state index is -0.0324. The smallest absolute Gasteiger partial charge is 0.272 e. The lowest BCUT2D eigenvalue weighted by molar-refractivity contribution is 0.0766. The van der Waals surface area contributed by atoms with E-state index in [0.29, 0.717) is 37.9 Å². The molecule has 0 N–H and O–H groups in total. The zero-order valence-electron chi connectivity index (χ0n) is 12.4. The van der Waals surface area contributed by atoms with E-state index in [4.69, 9.17) is 4.74 Å². The van der Waals surface area contributed by atoms with Gasteiger partial charge >= 0.3 is 0 Å². The summed E-state index contributed by atoms with van der Waals surface area (Å²) >= 11 is 0. The largest absolute Gasteiger partial charge is 0.378 e. The van der Waals surface area contributed by atoms with Crippen LogP contribution in [0.5, 0.6) is 0 Å². The van der Waals surface area contributed by atoms with E-state index in [0.717, 1.165) is 18.8 Å². The van der Waals surface area contributed by atoms with E-state index in [1.54, 1.807) is 11.0 Å². The summed E-state index contributed by atoms with van der Waals surface area (Å²) in [6.45, 7) is 10.1. The summed E-state index contributed by atoms with van der Waals surface area (Å²) in [6, 6.07) is 1.75. The summed E-state index contributed by atoms with van der Waals surface area (Å²) in [5, 5.41) is 0. The molecule has 1 saturated heterocycles. The van der Waals surface area contributed by atoms with Gasteiger partial charge in [-0.2, -0.15) is 0 Å². The van der Waals surface area contributed by atoms with Crippen LogP contribution in [0.25, 0.3) is 0 Å². The van der Waals surface area contributed by atoms with Crippen molar-refractivity contribution < 1.29 is 9.53 Å². The molecule has 6 nitrogen and oxygen atoms in total. The van der Waals surface area contributed by atoms with Crippen LogP contribution < -0.4 is 4.90 Å². The number of rotatable bonds is 4. The number of amides is 1. The Morgan fingerprint density at radius 3 is 2.55 bits per heavy atom. The van der Waals surface area contributed by atoms with E-state index in [9.17, 15) is 4.79 Å². The third-order valence-electron chi connectivity index (χ3n) is 3.41. The molecule has 0 radical (unpaired) electrons. The van der Waals surface area contributed by atoms with Gasteiger partial charge in [-0.15, -0.1) is 0 Å². The maximum Gasteiger partial charge on any atom is 0.272 e. The van der Waals surface area contributed by atoms with Gasteiger partial charge in [-0.3, -0.25) is 4.79 Å². The molecule has 1 aromatic rings. The lowest BCUT2D eigenvalue weighted by atomic mass is 10.3. The third kappa shape index (κ3) is 3.25. The Balaban J connectivity index is 2.25. The fourth-order valence-electron chi connectivity index (χ4n) is 2.24. The summed E-state index contributed by atoms with van der Waals surface area (Å²) in [7, 11) is 0. The van der Waals surface area contributed by atoms with Crippen molar-refractivity contribution in [3.63, 3.8) is 0 Å². The average Bonchev–Trinajstić information content (AvgIpc) is 2.48. The van der Waals surface area contributed by atoms with Crippen molar-refractivity contribution in [1.82, 2.24) is 14.9 Å². The van der Waals surface area contributed by atoms with Crippen LogP contribution in [0.15, 0.2) is 6.07 Å². The van der Waals surface area contributed by atoms with Crippen LogP contribution in [-0.4, -0.2) is 60.2 Å². The van der Waals surface area contributed by atoms with Gasteiger partial charge < -0.3 is 14.5 Å². The Hall–Kier alpha value is -1.69. The van der Waals surface area contributed by atoms with Crippen molar-refractivity contribution >= 4 is 11.9 Å². The Kier molecular flexibility index (Phi) is 4.89. The van der Waals surface area contributed by atoms with Crippen LogP contribution >= 0.6 is 0 Å². The van der Waals surface area contributed by atoms with Crippen LogP contribution in [0.3, 0.4) is 0 Å². The summed E-state index contributed by atoms with van der Waals surface area (Å²) < 4.78 is 5.33. The second-order valence-corrected chi connectivity index (χ2v) is 4.77. The monoisotopic (exact) mass is 278 g/mol. The molecule has 1 fully saturated rings. The number of carbonyl (C=O) groups is 1. The molecule has 0 bridgehead atoms. The Morgan fingerprint density at radius 2 is 1.95 bits per heavy atom. The van der Waals surface area contributed by atoms with Gasteiger partial charge in [0.05, 0.1) is 13.2 Å². The predicted molar refractivity (Wildman–Crippen MR) is 77.1 cm³/mol. The fraction of sp³-hybridized carbons (Fsp3) is 0.643. The quantitative estimate of drug-likeness (QED) is 0.825. The molecule has 0 aromatic carbocycles. The maximum atomic E-state index is 12.4. The highest BCUT2D eigenvalue weighted by Crippen LogP contribution is 2.13. The molecule has 2 rings (SSSR count). The highest BCUT2D eigenvalue weighted by Gasteiger charge is 2.19. The van der Waals surface area contributed by atoms with Gasteiger partial charge in [0.15, 0.2) is 0 Å². The van der Waals surface area contributed by atoms with Crippen molar-refractivity contribution in [2.45, 2.75) is 20.8 Å². The molecule has 6 heteroatoms. The normalized spacial score (nSPS) is 15.2. The summed E-state index contributed by atoms with van der Waals surface area (Å²) in [4.78, 5) is 25.1. The lowest BCUT2D eigenvalue weighted by Gasteiger charge is -2.27. The second kappa shape index (κ2) is 6.65. The first-order chi connectivity index (χ1) is 9.65. The highest BCUT2D eigenvalue weighted by atomic mass is 16.5. The zero-order chi connectivity index (χ0) is 14.5. The van der Waals surface area contributed by atoms with Crippen LogP contribution in [0, 0.1) is 6.92 Å². The topological polar surface area (TPSA) is 58.6 Å². The van der Waals surface area contributed by atoms with Gasteiger partial charge in [-0.25, -0.2) is 9.97 Å². The minimum absolute atomic E-state index is 0.0324. The first kappa shape index (κ1) is 14.7. The summed E-state index contributed by atoms with van der Waals surface area (Å²) in [5.41, 5.74) is 1.29. The van der Waals surface area contributed by atoms with E-state index >= 15 is 0 Å². The third-order valence-corrected chi connectivity index (χ3v) is 3.41. The second-order valence-electron chi connectivity index (χ2n) is 4.77. The van der Waals surface area contributed by atoms with Gasteiger partial charge in [0.1, 0.15) is 5.69 Å². The number of hydrogen-bond donors (Lipinski definition) is 0. The molecule has 0 spiro atoms. The molecule has 2 heterocycles. The molecule has 1 amide bonds. The Morgan fingerprint density at radius 1 is 1.30 bits per heavy atom. The number of hydrogen-bond acceptors (Lipinski definition) is 5.